The SMILES string of the molecule is CCOC(=O)[C@@]1(Cc2ccccc2)C=C[C@](Cc2ccccc2)(C(=O)OCC)N1C(=O)OC(C)(C)C. The van der Waals surface area contributed by atoms with Gasteiger partial charge in [0, 0.05) is 12.8 Å². The van der Waals surface area contributed by atoms with E-state index < -0.39 is 34.7 Å². The van der Waals surface area contributed by atoms with Gasteiger partial charge < -0.3 is 14.2 Å². The second-order valence-corrected chi connectivity index (χ2v) is 9.76. The van der Waals surface area contributed by atoms with Crippen molar-refractivity contribution in [3.63, 3.8) is 0 Å². The highest BCUT2D eigenvalue weighted by Gasteiger charge is 2.63. The van der Waals surface area contributed by atoms with Gasteiger partial charge in [-0.15, -0.1) is 0 Å². The zero-order chi connectivity index (χ0) is 26.4. The van der Waals surface area contributed by atoms with E-state index >= 15 is 0 Å². The molecule has 0 aliphatic carbocycles. The molecule has 1 heterocycles. The fraction of sp³-hybridized carbons (Fsp3) is 0.414. The Morgan fingerprint density at radius 3 is 1.44 bits per heavy atom. The van der Waals surface area contributed by atoms with Crippen molar-refractivity contribution in [1.82, 2.24) is 4.90 Å². The largest absolute Gasteiger partial charge is 0.464 e. The Kier molecular flexibility index (Phi) is 8.23. The lowest BCUT2D eigenvalue weighted by atomic mass is 9.87. The van der Waals surface area contributed by atoms with Crippen molar-refractivity contribution in [1.29, 1.82) is 0 Å². The molecule has 36 heavy (non-hydrogen) atoms. The first-order chi connectivity index (χ1) is 17.1. The van der Waals surface area contributed by atoms with Crippen molar-refractivity contribution in [2.75, 3.05) is 13.2 Å². The fourth-order valence-corrected chi connectivity index (χ4v) is 4.48. The third-order valence-corrected chi connectivity index (χ3v) is 5.90. The Bertz CT molecular complexity index is 1020. The van der Waals surface area contributed by atoms with Crippen LogP contribution in [0, 0.1) is 0 Å². The molecule has 1 aliphatic rings. The topological polar surface area (TPSA) is 82.1 Å². The molecule has 7 nitrogen and oxygen atoms in total. The molecule has 0 fully saturated rings. The van der Waals surface area contributed by atoms with Crippen LogP contribution in [-0.4, -0.2) is 52.8 Å². The van der Waals surface area contributed by atoms with E-state index in [4.69, 9.17) is 14.2 Å². The van der Waals surface area contributed by atoms with E-state index in [-0.39, 0.29) is 26.1 Å². The summed E-state index contributed by atoms with van der Waals surface area (Å²) in [5.41, 5.74) is -2.53. The Labute approximate surface area is 213 Å². The van der Waals surface area contributed by atoms with E-state index in [9.17, 15) is 14.4 Å². The normalized spacial score (nSPS) is 21.2. The highest BCUT2D eigenvalue weighted by molar-refractivity contribution is 5.97. The summed E-state index contributed by atoms with van der Waals surface area (Å²) < 4.78 is 16.8. The maximum Gasteiger partial charge on any atom is 0.412 e. The van der Waals surface area contributed by atoms with Crippen LogP contribution < -0.4 is 0 Å². The standard InChI is InChI=1S/C29H35NO6/c1-6-34-24(31)28(20-22-14-10-8-11-15-22)18-19-29(25(32)35-7-2,21-23-16-12-9-13-17-23)30(28)26(33)36-27(3,4)5/h8-19H,6-7,20-21H2,1-5H3/t28-,29-/m0/s1. The Morgan fingerprint density at radius 1 is 0.722 bits per heavy atom. The molecule has 0 spiro atoms. The van der Waals surface area contributed by atoms with Crippen molar-refractivity contribution in [3.05, 3.63) is 83.9 Å². The fourth-order valence-electron chi connectivity index (χ4n) is 4.48. The number of amides is 1. The van der Waals surface area contributed by atoms with Crippen LogP contribution in [0.25, 0.3) is 0 Å². The first-order valence-electron chi connectivity index (χ1n) is 12.2. The van der Waals surface area contributed by atoms with Crippen LogP contribution in [0.1, 0.15) is 45.7 Å². The van der Waals surface area contributed by atoms with Gasteiger partial charge in [0.05, 0.1) is 13.2 Å². The zero-order valence-corrected chi connectivity index (χ0v) is 21.7. The molecule has 0 saturated carbocycles. The van der Waals surface area contributed by atoms with Gasteiger partial charge in [-0.25, -0.2) is 14.4 Å². The molecule has 192 valence electrons. The second-order valence-electron chi connectivity index (χ2n) is 9.76. The van der Waals surface area contributed by atoms with Crippen molar-refractivity contribution in [3.8, 4) is 0 Å². The highest BCUT2D eigenvalue weighted by Crippen LogP contribution is 2.43. The maximum absolute atomic E-state index is 13.9. The summed E-state index contributed by atoms with van der Waals surface area (Å²) in [6.07, 6.45) is 2.58. The number of hydrogen-bond acceptors (Lipinski definition) is 6. The van der Waals surface area contributed by atoms with Gasteiger partial charge in [0.15, 0.2) is 11.1 Å². The van der Waals surface area contributed by atoms with Gasteiger partial charge in [-0.1, -0.05) is 60.7 Å². The molecule has 2 atom stereocenters. The number of carbonyl (C=O) groups excluding carboxylic acids is 3. The maximum atomic E-state index is 13.9. The Hall–Kier alpha value is -3.61. The predicted molar refractivity (Wildman–Crippen MR) is 136 cm³/mol. The first kappa shape index (κ1) is 27.0. The molecular formula is C29H35NO6. The number of rotatable bonds is 8. The minimum atomic E-state index is -1.62. The lowest BCUT2D eigenvalue weighted by molar-refractivity contribution is -0.164. The summed E-state index contributed by atoms with van der Waals surface area (Å²) in [6, 6.07) is 18.6. The van der Waals surface area contributed by atoms with Crippen LogP contribution in [0.4, 0.5) is 4.79 Å². The summed E-state index contributed by atoms with van der Waals surface area (Å²) in [5, 5.41) is 0. The molecule has 3 rings (SSSR count). The van der Waals surface area contributed by atoms with Gasteiger partial charge >= 0.3 is 18.0 Å². The first-order valence-corrected chi connectivity index (χ1v) is 12.2. The Balaban J connectivity index is 2.25. The van der Waals surface area contributed by atoms with Gasteiger partial charge in [0.25, 0.3) is 0 Å². The molecule has 2 aromatic carbocycles. The monoisotopic (exact) mass is 493 g/mol. The molecule has 0 aromatic heterocycles. The van der Waals surface area contributed by atoms with E-state index in [2.05, 4.69) is 0 Å². The average Bonchev–Trinajstić information content (AvgIpc) is 3.15. The van der Waals surface area contributed by atoms with Crippen LogP contribution in [0.5, 0.6) is 0 Å². The van der Waals surface area contributed by atoms with Gasteiger partial charge in [-0.05, 0) is 57.9 Å². The van der Waals surface area contributed by atoms with E-state index in [1.165, 1.54) is 4.90 Å². The van der Waals surface area contributed by atoms with Crippen molar-refractivity contribution < 1.29 is 28.6 Å². The van der Waals surface area contributed by atoms with E-state index in [0.29, 0.717) is 0 Å². The van der Waals surface area contributed by atoms with Crippen LogP contribution >= 0.6 is 0 Å². The average molecular weight is 494 g/mol. The molecule has 2 aromatic rings. The third kappa shape index (κ3) is 5.61. The van der Waals surface area contributed by atoms with E-state index in [0.717, 1.165) is 11.1 Å². The summed E-state index contributed by atoms with van der Waals surface area (Å²) in [5.74, 6) is -1.29. The van der Waals surface area contributed by atoms with Crippen molar-refractivity contribution >= 4 is 18.0 Å². The molecule has 0 unspecified atom stereocenters. The zero-order valence-electron chi connectivity index (χ0n) is 21.7. The van der Waals surface area contributed by atoms with Gasteiger partial charge in [-0.3, -0.25) is 4.90 Å². The Morgan fingerprint density at radius 2 is 1.11 bits per heavy atom. The van der Waals surface area contributed by atoms with Gasteiger partial charge in [0.1, 0.15) is 5.60 Å². The van der Waals surface area contributed by atoms with Gasteiger partial charge in [0.2, 0.25) is 0 Å². The summed E-state index contributed by atoms with van der Waals surface area (Å²) in [6.45, 7) is 8.83. The lowest BCUT2D eigenvalue weighted by Gasteiger charge is -2.44. The smallest absolute Gasteiger partial charge is 0.412 e. The lowest BCUT2D eigenvalue weighted by Crippen LogP contribution is -2.67. The number of benzene rings is 2. The van der Waals surface area contributed by atoms with E-state index in [1.54, 1.807) is 46.8 Å². The third-order valence-electron chi connectivity index (χ3n) is 5.90. The number of carbonyl (C=O) groups is 3. The minimum absolute atomic E-state index is 0.0956. The molecule has 0 N–H and O–H groups in total. The molecule has 1 amide bonds. The molecule has 0 saturated heterocycles. The molecular weight excluding hydrogens is 458 g/mol. The van der Waals surface area contributed by atoms with Crippen LogP contribution in [-0.2, 0) is 36.6 Å². The van der Waals surface area contributed by atoms with Crippen molar-refractivity contribution in [2.24, 2.45) is 0 Å². The molecule has 7 heteroatoms. The van der Waals surface area contributed by atoms with E-state index in [1.807, 2.05) is 60.7 Å². The summed E-state index contributed by atoms with van der Waals surface area (Å²) in [7, 11) is 0. The van der Waals surface area contributed by atoms with Crippen molar-refractivity contribution in [2.45, 2.75) is 64.1 Å². The number of esters is 2. The van der Waals surface area contributed by atoms with Crippen LogP contribution in [0.2, 0.25) is 0 Å². The molecule has 0 bridgehead atoms. The predicted octanol–water partition coefficient (Wildman–Crippen LogP) is 4.88. The number of hydrogen-bond donors (Lipinski definition) is 0. The van der Waals surface area contributed by atoms with Crippen LogP contribution in [0.3, 0.4) is 0 Å². The number of ether oxygens (including phenoxy) is 3. The number of nitrogens with zero attached hydrogens (tertiary/aromatic N) is 1. The quantitative estimate of drug-likeness (QED) is 0.296. The van der Waals surface area contributed by atoms with Crippen LogP contribution in [0.15, 0.2) is 72.8 Å². The summed E-state index contributed by atoms with van der Waals surface area (Å²) in [4.78, 5) is 42.6. The van der Waals surface area contributed by atoms with Gasteiger partial charge in [-0.2, -0.15) is 0 Å². The molecule has 1 aliphatic heterocycles. The molecule has 0 radical (unpaired) electrons. The second kappa shape index (κ2) is 11.0. The minimum Gasteiger partial charge on any atom is -0.464 e. The summed E-state index contributed by atoms with van der Waals surface area (Å²) >= 11 is 0. The highest BCUT2D eigenvalue weighted by atomic mass is 16.6.